The molecule has 0 aromatic heterocycles. The Morgan fingerprint density at radius 2 is 2.05 bits per heavy atom. The maximum atomic E-state index is 14.2. The minimum atomic E-state index is -0.524. The molecule has 2 aromatic rings. The molecule has 1 aliphatic heterocycles. The van der Waals surface area contributed by atoms with Gasteiger partial charge in [0.15, 0.2) is 0 Å². The van der Waals surface area contributed by atoms with Crippen molar-refractivity contribution in [3.8, 4) is 5.75 Å². The van der Waals surface area contributed by atoms with E-state index in [0.29, 0.717) is 16.6 Å². The van der Waals surface area contributed by atoms with Crippen LogP contribution in [-0.4, -0.2) is 6.61 Å². The summed E-state index contributed by atoms with van der Waals surface area (Å²) in [7, 11) is 0. The molecule has 1 unspecified atom stereocenters. The number of hydrogen-bond donors (Lipinski definition) is 0. The first kappa shape index (κ1) is 14.9. The van der Waals surface area contributed by atoms with E-state index in [4.69, 9.17) is 16.3 Å². The number of halogens is 3. The number of rotatable bonds is 2. The molecule has 0 radical (unpaired) electrons. The van der Waals surface area contributed by atoms with Crippen LogP contribution in [0.1, 0.15) is 35.9 Å². The summed E-state index contributed by atoms with van der Waals surface area (Å²) < 4.78 is 20.3. The summed E-state index contributed by atoms with van der Waals surface area (Å²) >= 11 is 9.70. The van der Waals surface area contributed by atoms with E-state index < -0.39 is 5.38 Å². The second kappa shape index (κ2) is 5.29. The van der Waals surface area contributed by atoms with Gasteiger partial charge in [-0.15, -0.1) is 11.6 Å². The maximum Gasteiger partial charge on any atom is 0.142 e. The number of benzene rings is 2. The maximum absolute atomic E-state index is 14.2. The molecule has 2 aromatic carbocycles. The molecule has 0 aliphatic carbocycles. The third-order valence-corrected chi connectivity index (χ3v) is 4.97. The normalized spacial score (nSPS) is 17.2. The summed E-state index contributed by atoms with van der Waals surface area (Å²) in [5.74, 6) is 0.579. The molecule has 0 fully saturated rings. The second-order valence-electron chi connectivity index (χ2n) is 5.93. The summed E-state index contributed by atoms with van der Waals surface area (Å²) in [5.41, 5.74) is 2.44. The molecule has 1 nitrogen and oxygen atoms in total. The molecule has 0 N–H and O–H groups in total. The first-order chi connectivity index (χ1) is 9.90. The Balaban J connectivity index is 2.03. The molecule has 3 rings (SSSR count). The summed E-state index contributed by atoms with van der Waals surface area (Å²) in [4.78, 5) is 0. The highest BCUT2D eigenvalue weighted by atomic mass is 79.9. The second-order valence-corrected chi connectivity index (χ2v) is 7.22. The van der Waals surface area contributed by atoms with Crippen molar-refractivity contribution in [3.63, 3.8) is 0 Å². The van der Waals surface area contributed by atoms with E-state index in [0.717, 1.165) is 16.9 Å². The summed E-state index contributed by atoms with van der Waals surface area (Å²) in [6.45, 7) is 4.92. The van der Waals surface area contributed by atoms with Crippen molar-refractivity contribution in [2.24, 2.45) is 0 Å². The number of fused-ring (bicyclic) bond motifs is 1. The lowest BCUT2D eigenvalue weighted by Crippen LogP contribution is -2.18. The standard InChI is InChI=1S/C17H15BrClFO/c1-17(2)9-21-14-7-6-10(8-12(14)17)15(19)11-4-3-5-13(18)16(11)20/h3-8,15H,9H2,1-2H3. The third kappa shape index (κ3) is 2.58. The molecule has 1 atom stereocenters. The SMILES string of the molecule is CC1(C)COc2ccc(C(Cl)c3cccc(Br)c3F)cc21. The van der Waals surface area contributed by atoms with Crippen molar-refractivity contribution in [1.82, 2.24) is 0 Å². The molecule has 0 spiro atoms. The van der Waals surface area contributed by atoms with Crippen LogP contribution in [0.4, 0.5) is 4.39 Å². The fraction of sp³-hybridized carbons (Fsp3) is 0.294. The van der Waals surface area contributed by atoms with E-state index in [1.807, 2.05) is 18.2 Å². The van der Waals surface area contributed by atoms with Gasteiger partial charge in [0.1, 0.15) is 11.6 Å². The molecule has 4 heteroatoms. The van der Waals surface area contributed by atoms with Crippen LogP contribution in [0.2, 0.25) is 0 Å². The average molecular weight is 370 g/mol. The van der Waals surface area contributed by atoms with E-state index in [2.05, 4.69) is 29.8 Å². The van der Waals surface area contributed by atoms with Crippen LogP contribution < -0.4 is 4.74 Å². The highest BCUT2D eigenvalue weighted by molar-refractivity contribution is 9.10. The van der Waals surface area contributed by atoms with E-state index in [9.17, 15) is 4.39 Å². The quantitative estimate of drug-likeness (QED) is 0.627. The van der Waals surface area contributed by atoms with Crippen LogP contribution >= 0.6 is 27.5 Å². The van der Waals surface area contributed by atoms with Crippen LogP contribution in [0, 0.1) is 5.82 Å². The van der Waals surface area contributed by atoms with Gasteiger partial charge in [-0.1, -0.05) is 32.0 Å². The van der Waals surface area contributed by atoms with Crippen LogP contribution in [0.25, 0.3) is 0 Å². The monoisotopic (exact) mass is 368 g/mol. The van der Waals surface area contributed by atoms with Gasteiger partial charge in [-0.2, -0.15) is 0 Å². The van der Waals surface area contributed by atoms with Crippen LogP contribution in [0.3, 0.4) is 0 Å². The first-order valence-electron chi connectivity index (χ1n) is 6.75. The summed E-state index contributed by atoms with van der Waals surface area (Å²) in [6, 6.07) is 11.0. The molecular weight excluding hydrogens is 355 g/mol. The van der Waals surface area contributed by atoms with Crippen molar-refractivity contribution in [2.75, 3.05) is 6.61 Å². The molecule has 0 saturated heterocycles. The van der Waals surface area contributed by atoms with Crippen molar-refractivity contribution in [1.29, 1.82) is 0 Å². The zero-order valence-corrected chi connectivity index (χ0v) is 14.1. The molecule has 21 heavy (non-hydrogen) atoms. The Kier molecular flexibility index (Phi) is 3.74. The molecule has 1 aliphatic rings. The lowest BCUT2D eigenvalue weighted by Gasteiger charge is -2.18. The molecular formula is C17H15BrClFO. The van der Waals surface area contributed by atoms with Crippen LogP contribution in [-0.2, 0) is 5.41 Å². The van der Waals surface area contributed by atoms with Crippen LogP contribution in [0.5, 0.6) is 5.75 Å². The van der Waals surface area contributed by atoms with Gasteiger partial charge >= 0.3 is 0 Å². The highest BCUT2D eigenvalue weighted by Gasteiger charge is 2.32. The molecule has 0 amide bonds. The van der Waals surface area contributed by atoms with Gasteiger partial charge in [-0.05, 0) is 39.7 Å². The molecule has 0 saturated carbocycles. The van der Waals surface area contributed by atoms with Crippen molar-refractivity contribution >= 4 is 27.5 Å². The van der Waals surface area contributed by atoms with Crippen molar-refractivity contribution in [3.05, 3.63) is 63.4 Å². The number of ether oxygens (including phenoxy) is 1. The lowest BCUT2D eigenvalue weighted by atomic mass is 9.85. The van der Waals surface area contributed by atoms with E-state index >= 15 is 0 Å². The van der Waals surface area contributed by atoms with E-state index in [-0.39, 0.29) is 11.2 Å². The Labute approximate surface area is 137 Å². The Morgan fingerprint density at radius 3 is 2.81 bits per heavy atom. The topological polar surface area (TPSA) is 9.23 Å². The van der Waals surface area contributed by atoms with Crippen molar-refractivity contribution < 1.29 is 9.13 Å². The predicted molar refractivity (Wildman–Crippen MR) is 86.8 cm³/mol. The molecule has 110 valence electrons. The van der Waals surface area contributed by atoms with E-state index in [1.54, 1.807) is 18.2 Å². The minimum Gasteiger partial charge on any atom is -0.492 e. The van der Waals surface area contributed by atoms with Gasteiger partial charge in [0.2, 0.25) is 0 Å². The van der Waals surface area contributed by atoms with Crippen molar-refractivity contribution in [2.45, 2.75) is 24.6 Å². The van der Waals surface area contributed by atoms with Gasteiger partial charge in [-0.3, -0.25) is 0 Å². The predicted octanol–water partition coefficient (Wildman–Crippen LogP) is 5.59. The fourth-order valence-electron chi connectivity index (χ4n) is 2.59. The number of alkyl halides is 1. The van der Waals surface area contributed by atoms with Crippen LogP contribution in [0.15, 0.2) is 40.9 Å². The third-order valence-electron chi connectivity index (χ3n) is 3.87. The number of hydrogen-bond acceptors (Lipinski definition) is 1. The Hall–Kier alpha value is -1.06. The lowest BCUT2D eigenvalue weighted by molar-refractivity contribution is 0.291. The first-order valence-corrected chi connectivity index (χ1v) is 7.98. The van der Waals surface area contributed by atoms with Gasteiger partial charge in [0, 0.05) is 16.5 Å². The minimum absolute atomic E-state index is 0.0439. The largest absolute Gasteiger partial charge is 0.492 e. The fourth-order valence-corrected chi connectivity index (χ4v) is 3.28. The highest BCUT2D eigenvalue weighted by Crippen LogP contribution is 2.42. The Morgan fingerprint density at radius 1 is 1.29 bits per heavy atom. The zero-order valence-electron chi connectivity index (χ0n) is 11.8. The summed E-state index contributed by atoms with van der Waals surface area (Å²) in [5, 5.41) is -0.524. The zero-order chi connectivity index (χ0) is 15.2. The molecule has 1 heterocycles. The smallest absolute Gasteiger partial charge is 0.142 e. The molecule has 0 bridgehead atoms. The average Bonchev–Trinajstić information content (AvgIpc) is 2.76. The van der Waals surface area contributed by atoms with Gasteiger partial charge in [0.05, 0.1) is 16.5 Å². The van der Waals surface area contributed by atoms with Gasteiger partial charge in [0.25, 0.3) is 0 Å². The van der Waals surface area contributed by atoms with E-state index in [1.165, 1.54) is 0 Å². The van der Waals surface area contributed by atoms with Gasteiger partial charge < -0.3 is 4.74 Å². The van der Waals surface area contributed by atoms with Gasteiger partial charge in [-0.25, -0.2) is 4.39 Å². The summed E-state index contributed by atoms with van der Waals surface area (Å²) in [6.07, 6.45) is 0. The Bertz CT molecular complexity index is 699.